The second-order valence-corrected chi connectivity index (χ2v) is 5.59. The van der Waals surface area contributed by atoms with E-state index in [1.165, 1.54) is 0 Å². The molecular formula is C16H26ClN3O2. The Morgan fingerprint density at radius 3 is 2.41 bits per heavy atom. The molecule has 5 nitrogen and oxygen atoms in total. The molecule has 3 N–H and O–H groups in total. The van der Waals surface area contributed by atoms with Gasteiger partial charge in [-0.3, -0.25) is 9.59 Å². The van der Waals surface area contributed by atoms with E-state index in [4.69, 9.17) is 5.73 Å². The third kappa shape index (κ3) is 6.45. The molecule has 1 aromatic carbocycles. The van der Waals surface area contributed by atoms with Gasteiger partial charge in [0.15, 0.2) is 0 Å². The van der Waals surface area contributed by atoms with Gasteiger partial charge < -0.3 is 16.0 Å². The van der Waals surface area contributed by atoms with Crippen LogP contribution in [-0.2, 0) is 16.1 Å². The molecule has 0 aliphatic carbocycles. The second-order valence-electron chi connectivity index (χ2n) is 5.59. The van der Waals surface area contributed by atoms with Crippen LogP contribution in [0.5, 0.6) is 0 Å². The molecule has 1 rings (SSSR count). The summed E-state index contributed by atoms with van der Waals surface area (Å²) >= 11 is 0. The second kappa shape index (κ2) is 9.43. The topological polar surface area (TPSA) is 75.4 Å². The summed E-state index contributed by atoms with van der Waals surface area (Å²) in [4.78, 5) is 25.5. The first kappa shape index (κ1) is 20.4. The van der Waals surface area contributed by atoms with Crippen molar-refractivity contribution in [3.05, 3.63) is 35.9 Å². The molecule has 1 atom stereocenters. The number of likely N-dealkylation sites (N-methyl/N-ethyl adjacent to an activating group) is 1. The third-order valence-corrected chi connectivity index (χ3v) is 3.38. The summed E-state index contributed by atoms with van der Waals surface area (Å²) in [7, 11) is 1.72. The maximum absolute atomic E-state index is 12.0. The number of halogens is 1. The zero-order valence-electron chi connectivity index (χ0n) is 13.5. The highest BCUT2D eigenvalue weighted by Crippen LogP contribution is 2.08. The van der Waals surface area contributed by atoms with Crippen molar-refractivity contribution in [1.82, 2.24) is 10.2 Å². The molecule has 0 aliphatic rings. The summed E-state index contributed by atoms with van der Waals surface area (Å²) in [5.74, 6) is -0.426. The minimum atomic E-state index is -0.924. The predicted octanol–water partition coefficient (Wildman–Crippen LogP) is 1.70. The van der Waals surface area contributed by atoms with Crippen LogP contribution in [-0.4, -0.2) is 35.8 Å². The van der Waals surface area contributed by atoms with E-state index in [2.05, 4.69) is 5.32 Å². The van der Waals surface area contributed by atoms with Gasteiger partial charge >= 0.3 is 0 Å². The summed E-state index contributed by atoms with van der Waals surface area (Å²) in [5.41, 5.74) is 6.05. The van der Waals surface area contributed by atoms with Crippen LogP contribution in [0, 0.1) is 0 Å². The van der Waals surface area contributed by atoms with Crippen molar-refractivity contribution in [2.24, 2.45) is 5.73 Å². The molecule has 6 heteroatoms. The molecule has 0 saturated carbocycles. The van der Waals surface area contributed by atoms with Crippen molar-refractivity contribution in [3.8, 4) is 0 Å². The molecule has 22 heavy (non-hydrogen) atoms. The Labute approximate surface area is 138 Å². The highest BCUT2D eigenvalue weighted by Gasteiger charge is 2.27. The molecule has 0 heterocycles. The fourth-order valence-electron chi connectivity index (χ4n) is 2.07. The van der Waals surface area contributed by atoms with Crippen LogP contribution in [0.1, 0.15) is 32.3 Å². The minimum Gasteiger partial charge on any atom is -0.345 e. The number of benzene rings is 1. The van der Waals surface area contributed by atoms with E-state index in [0.717, 1.165) is 12.0 Å². The highest BCUT2D eigenvalue weighted by molar-refractivity contribution is 5.89. The average Bonchev–Trinajstić information content (AvgIpc) is 2.45. The SMILES string of the molecule is CCCC(C)(N)C(=O)NCC(=O)N(C)Cc1ccccc1.Cl. The summed E-state index contributed by atoms with van der Waals surface area (Å²) in [5, 5.41) is 2.62. The van der Waals surface area contributed by atoms with Gasteiger partial charge in [0.05, 0.1) is 12.1 Å². The standard InChI is InChI=1S/C16H25N3O2.ClH/c1-4-10-16(2,17)15(21)18-11-14(20)19(3)12-13-8-6-5-7-9-13;/h5-9H,4,10-12,17H2,1-3H3,(H,18,21);1H. The number of amides is 2. The van der Waals surface area contributed by atoms with Crippen LogP contribution < -0.4 is 11.1 Å². The van der Waals surface area contributed by atoms with Gasteiger partial charge in [0.1, 0.15) is 0 Å². The van der Waals surface area contributed by atoms with Gasteiger partial charge in [0.25, 0.3) is 0 Å². The molecule has 0 aliphatic heterocycles. The van der Waals surface area contributed by atoms with E-state index >= 15 is 0 Å². The Morgan fingerprint density at radius 1 is 1.27 bits per heavy atom. The van der Waals surface area contributed by atoms with Gasteiger partial charge in [-0.2, -0.15) is 0 Å². The lowest BCUT2D eigenvalue weighted by molar-refractivity contribution is -0.133. The quantitative estimate of drug-likeness (QED) is 0.800. The van der Waals surface area contributed by atoms with Crippen molar-refractivity contribution in [2.45, 2.75) is 38.8 Å². The van der Waals surface area contributed by atoms with E-state index in [0.29, 0.717) is 13.0 Å². The lowest BCUT2D eigenvalue weighted by Crippen LogP contribution is -2.53. The number of carbonyl (C=O) groups is 2. The molecule has 0 aromatic heterocycles. The molecule has 0 spiro atoms. The molecular weight excluding hydrogens is 302 g/mol. The Kier molecular flexibility index (Phi) is 8.75. The van der Waals surface area contributed by atoms with Crippen LogP contribution in [0.15, 0.2) is 30.3 Å². The van der Waals surface area contributed by atoms with Gasteiger partial charge in [-0.15, -0.1) is 12.4 Å². The van der Waals surface area contributed by atoms with Gasteiger partial charge in [-0.05, 0) is 18.9 Å². The average molecular weight is 328 g/mol. The largest absolute Gasteiger partial charge is 0.345 e. The Morgan fingerprint density at radius 2 is 1.86 bits per heavy atom. The number of nitrogens with zero attached hydrogens (tertiary/aromatic N) is 1. The van der Waals surface area contributed by atoms with Crippen molar-refractivity contribution in [3.63, 3.8) is 0 Å². The Balaban J connectivity index is 0.00000441. The fourth-order valence-corrected chi connectivity index (χ4v) is 2.07. The van der Waals surface area contributed by atoms with Crippen LogP contribution >= 0.6 is 12.4 Å². The molecule has 1 aromatic rings. The van der Waals surface area contributed by atoms with E-state index in [-0.39, 0.29) is 30.8 Å². The van der Waals surface area contributed by atoms with Crippen molar-refractivity contribution in [2.75, 3.05) is 13.6 Å². The van der Waals surface area contributed by atoms with E-state index < -0.39 is 5.54 Å². The van der Waals surface area contributed by atoms with Crippen molar-refractivity contribution < 1.29 is 9.59 Å². The number of rotatable bonds is 7. The number of nitrogens with one attached hydrogen (secondary N) is 1. The first-order valence-electron chi connectivity index (χ1n) is 7.22. The number of hydrogen-bond donors (Lipinski definition) is 2. The lowest BCUT2D eigenvalue weighted by Gasteiger charge is -2.24. The van der Waals surface area contributed by atoms with E-state index in [1.54, 1.807) is 18.9 Å². The van der Waals surface area contributed by atoms with E-state index in [1.807, 2.05) is 37.3 Å². The zero-order valence-corrected chi connectivity index (χ0v) is 14.3. The maximum Gasteiger partial charge on any atom is 0.242 e. The normalized spacial score (nSPS) is 12.7. The number of nitrogens with two attached hydrogens (primary N) is 1. The molecule has 1 unspecified atom stereocenters. The van der Waals surface area contributed by atoms with Crippen LogP contribution in [0.25, 0.3) is 0 Å². The smallest absolute Gasteiger partial charge is 0.242 e. The molecule has 0 saturated heterocycles. The highest BCUT2D eigenvalue weighted by atomic mass is 35.5. The molecule has 0 fully saturated rings. The third-order valence-electron chi connectivity index (χ3n) is 3.38. The lowest BCUT2D eigenvalue weighted by atomic mass is 9.96. The minimum absolute atomic E-state index is 0. The van der Waals surface area contributed by atoms with E-state index in [9.17, 15) is 9.59 Å². The Hall–Kier alpha value is -1.59. The summed E-state index contributed by atoms with van der Waals surface area (Å²) in [6, 6.07) is 9.71. The van der Waals surface area contributed by atoms with Crippen LogP contribution in [0.4, 0.5) is 0 Å². The number of hydrogen-bond acceptors (Lipinski definition) is 3. The fraction of sp³-hybridized carbons (Fsp3) is 0.500. The van der Waals surface area contributed by atoms with Gasteiger partial charge in [-0.1, -0.05) is 43.7 Å². The molecule has 0 bridgehead atoms. The van der Waals surface area contributed by atoms with Crippen molar-refractivity contribution >= 4 is 24.2 Å². The monoisotopic (exact) mass is 327 g/mol. The summed E-state index contributed by atoms with van der Waals surface area (Å²) in [6.45, 7) is 4.14. The van der Waals surface area contributed by atoms with Gasteiger partial charge in [0.2, 0.25) is 11.8 Å². The van der Waals surface area contributed by atoms with Crippen LogP contribution in [0.2, 0.25) is 0 Å². The first-order valence-corrected chi connectivity index (χ1v) is 7.22. The summed E-state index contributed by atoms with van der Waals surface area (Å²) < 4.78 is 0. The predicted molar refractivity (Wildman–Crippen MR) is 90.7 cm³/mol. The number of carbonyl (C=O) groups excluding carboxylic acids is 2. The first-order chi connectivity index (χ1) is 9.86. The van der Waals surface area contributed by atoms with Gasteiger partial charge in [0, 0.05) is 13.6 Å². The molecule has 2 amide bonds. The zero-order chi connectivity index (χ0) is 15.9. The summed E-state index contributed by atoms with van der Waals surface area (Å²) in [6.07, 6.45) is 1.41. The maximum atomic E-state index is 12.0. The van der Waals surface area contributed by atoms with Gasteiger partial charge in [-0.25, -0.2) is 0 Å². The molecule has 0 radical (unpaired) electrons. The molecule has 124 valence electrons. The van der Waals surface area contributed by atoms with Crippen molar-refractivity contribution in [1.29, 1.82) is 0 Å². The van der Waals surface area contributed by atoms with Crippen LogP contribution in [0.3, 0.4) is 0 Å². The Bertz CT molecular complexity index is 478.